The molecule has 0 spiro atoms. The number of halogens is 2. The molecule has 1 aliphatic heterocycles. The Labute approximate surface area is 177 Å². The zero-order valence-electron chi connectivity index (χ0n) is 16.1. The zero-order valence-corrected chi connectivity index (χ0v) is 16.9. The van der Waals surface area contributed by atoms with Gasteiger partial charge in [-0.2, -0.15) is 0 Å². The van der Waals surface area contributed by atoms with Crippen LogP contribution in [0.3, 0.4) is 0 Å². The van der Waals surface area contributed by atoms with Gasteiger partial charge in [0.25, 0.3) is 5.56 Å². The van der Waals surface area contributed by atoms with Crippen molar-refractivity contribution in [2.75, 3.05) is 31.1 Å². The number of hydrogen-bond acceptors (Lipinski definition) is 4. The Morgan fingerprint density at radius 2 is 1.77 bits per heavy atom. The van der Waals surface area contributed by atoms with Gasteiger partial charge in [-0.05, 0) is 36.4 Å². The van der Waals surface area contributed by atoms with Crippen LogP contribution >= 0.6 is 11.6 Å². The fourth-order valence-corrected chi connectivity index (χ4v) is 3.61. The van der Waals surface area contributed by atoms with Gasteiger partial charge in [-0.15, -0.1) is 0 Å². The van der Waals surface area contributed by atoms with Gasteiger partial charge in [0.15, 0.2) is 0 Å². The molecule has 0 aliphatic carbocycles. The molecule has 1 aromatic heterocycles. The first-order valence-electron chi connectivity index (χ1n) is 9.62. The lowest BCUT2D eigenvalue weighted by atomic mass is 10.1. The third kappa shape index (κ3) is 4.36. The average Bonchev–Trinajstić information content (AvgIpc) is 2.76. The first-order valence-corrected chi connectivity index (χ1v) is 10.0. The lowest BCUT2D eigenvalue weighted by molar-refractivity contribution is -0.130. The van der Waals surface area contributed by atoms with Crippen LogP contribution in [-0.4, -0.2) is 47.0 Å². The highest BCUT2D eigenvalue weighted by atomic mass is 35.5. The van der Waals surface area contributed by atoms with E-state index in [4.69, 9.17) is 11.6 Å². The van der Waals surface area contributed by atoms with Gasteiger partial charge in [0, 0.05) is 48.5 Å². The normalized spacial score (nSPS) is 14.1. The SMILES string of the molecule is O=C(Cc1cnc(-c2ccc(Cl)cc2)[nH]c1=O)N1CCN(c2ccccc2F)CC1. The Morgan fingerprint density at radius 3 is 2.43 bits per heavy atom. The van der Waals surface area contributed by atoms with E-state index in [1.807, 2.05) is 4.90 Å². The topological polar surface area (TPSA) is 69.3 Å². The molecule has 0 radical (unpaired) electrons. The molecule has 0 unspecified atom stereocenters. The van der Waals surface area contributed by atoms with Crippen molar-refractivity contribution in [1.82, 2.24) is 14.9 Å². The quantitative estimate of drug-likeness (QED) is 0.696. The number of anilines is 1. The lowest BCUT2D eigenvalue weighted by Gasteiger charge is -2.36. The molecular formula is C22H20ClFN4O2. The molecule has 3 aromatic rings. The van der Waals surface area contributed by atoms with Crippen LogP contribution in [0, 0.1) is 5.82 Å². The van der Waals surface area contributed by atoms with Crippen molar-refractivity contribution in [1.29, 1.82) is 0 Å². The second-order valence-electron chi connectivity index (χ2n) is 7.09. The summed E-state index contributed by atoms with van der Waals surface area (Å²) in [7, 11) is 0. The number of aromatic nitrogens is 2. The molecule has 0 saturated carbocycles. The van der Waals surface area contributed by atoms with E-state index in [0.717, 1.165) is 5.56 Å². The predicted molar refractivity (Wildman–Crippen MR) is 114 cm³/mol. The predicted octanol–water partition coefficient (Wildman–Crippen LogP) is 3.12. The van der Waals surface area contributed by atoms with Crippen LogP contribution in [0.1, 0.15) is 5.56 Å². The Kier molecular flexibility index (Phi) is 5.81. The van der Waals surface area contributed by atoms with Gasteiger partial charge in [-0.1, -0.05) is 23.7 Å². The smallest absolute Gasteiger partial charge is 0.254 e. The summed E-state index contributed by atoms with van der Waals surface area (Å²) in [6.07, 6.45) is 1.42. The Hall–Kier alpha value is -3.19. The summed E-state index contributed by atoms with van der Waals surface area (Å²) >= 11 is 5.88. The minimum absolute atomic E-state index is 0.0249. The maximum absolute atomic E-state index is 14.0. The number of amides is 1. The average molecular weight is 427 g/mol. The molecule has 1 aliphatic rings. The number of carbonyl (C=O) groups excluding carboxylic acids is 1. The fraction of sp³-hybridized carbons (Fsp3) is 0.227. The minimum Gasteiger partial charge on any atom is -0.366 e. The number of para-hydroxylation sites is 1. The maximum Gasteiger partial charge on any atom is 0.254 e. The molecular weight excluding hydrogens is 407 g/mol. The summed E-state index contributed by atoms with van der Waals surface area (Å²) in [6.45, 7) is 2.02. The third-order valence-electron chi connectivity index (χ3n) is 5.16. The minimum atomic E-state index is -0.340. The van der Waals surface area contributed by atoms with Gasteiger partial charge in [0.1, 0.15) is 11.6 Å². The van der Waals surface area contributed by atoms with E-state index in [9.17, 15) is 14.0 Å². The van der Waals surface area contributed by atoms with E-state index < -0.39 is 0 Å². The third-order valence-corrected chi connectivity index (χ3v) is 5.41. The molecule has 0 atom stereocenters. The van der Waals surface area contributed by atoms with Gasteiger partial charge in [-0.25, -0.2) is 9.37 Å². The van der Waals surface area contributed by atoms with Crippen molar-refractivity contribution < 1.29 is 9.18 Å². The summed E-state index contributed by atoms with van der Waals surface area (Å²) in [5.74, 6) is 0.0109. The molecule has 2 heterocycles. The van der Waals surface area contributed by atoms with Crippen molar-refractivity contribution in [2.24, 2.45) is 0 Å². The first-order chi connectivity index (χ1) is 14.5. The van der Waals surface area contributed by atoms with Crippen molar-refractivity contribution in [3.63, 3.8) is 0 Å². The molecule has 2 aromatic carbocycles. The van der Waals surface area contributed by atoms with E-state index in [-0.39, 0.29) is 23.7 Å². The molecule has 6 nitrogen and oxygen atoms in total. The van der Waals surface area contributed by atoms with Crippen molar-refractivity contribution in [3.05, 3.63) is 81.5 Å². The van der Waals surface area contributed by atoms with E-state index in [2.05, 4.69) is 9.97 Å². The largest absolute Gasteiger partial charge is 0.366 e. The lowest BCUT2D eigenvalue weighted by Crippen LogP contribution is -2.49. The number of aromatic amines is 1. The first kappa shape index (κ1) is 20.1. The fourth-order valence-electron chi connectivity index (χ4n) is 3.48. The molecule has 1 N–H and O–H groups in total. The van der Waals surface area contributed by atoms with Crippen molar-refractivity contribution in [2.45, 2.75) is 6.42 Å². The zero-order chi connectivity index (χ0) is 21.1. The van der Waals surface area contributed by atoms with Gasteiger partial charge >= 0.3 is 0 Å². The van der Waals surface area contributed by atoms with Gasteiger partial charge in [-0.3, -0.25) is 9.59 Å². The molecule has 1 saturated heterocycles. The van der Waals surface area contributed by atoms with Crippen molar-refractivity contribution >= 4 is 23.2 Å². The molecule has 8 heteroatoms. The van der Waals surface area contributed by atoms with Crippen LogP contribution in [0.5, 0.6) is 0 Å². The van der Waals surface area contributed by atoms with E-state index >= 15 is 0 Å². The number of H-pyrrole nitrogens is 1. The monoisotopic (exact) mass is 426 g/mol. The van der Waals surface area contributed by atoms with Crippen LogP contribution < -0.4 is 10.5 Å². The van der Waals surface area contributed by atoms with Gasteiger partial charge in [0.05, 0.1) is 12.1 Å². The van der Waals surface area contributed by atoms with E-state index in [1.54, 1.807) is 47.4 Å². The second-order valence-corrected chi connectivity index (χ2v) is 7.53. The van der Waals surface area contributed by atoms with E-state index in [0.29, 0.717) is 48.3 Å². The number of carbonyl (C=O) groups is 1. The highest BCUT2D eigenvalue weighted by Crippen LogP contribution is 2.20. The summed E-state index contributed by atoms with van der Waals surface area (Å²) in [4.78, 5) is 35.7. The standard InChI is InChI=1S/C22H20ClFN4O2/c23-17-7-5-15(6-8-17)21-25-14-16(22(30)26-21)13-20(29)28-11-9-27(10-12-28)19-4-2-1-3-18(19)24/h1-8,14H,9-13H2,(H,25,26,30). The Morgan fingerprint density at radius 1 is 1.07 bits per heavy atom. The van der Waals surface area contributed by atoms with Gasteiger partial charge < -0.3 is 14.8 Å². The van der Waals surface area contributed by atoms with Crippen molar-refractivity contribution in [3.8, 4) is 11.4 Å². The molecule has 0 bridgehead atoms. The summed E-state index contributed by atoms with van der Waals surface area (Å²) < 4.78 is 14.0. The highest BCUT2D eigenvalue weighted by molar-refractivity contribution is 6.30. The maximum atomic E-state index is 14.0. The summed E-state index contributed by atoms with van der Waals surface area (Å²) in [6, 6.07) is 13.6. The number of nitrogens with one attached hydrogen (secondary N) is 1. The number of nitrogens with zero attached hydrogens (tertiary/aromatic N) is 3. The Balaban J connectivity index is 1.39. The van der Waals surface area contributed by atoms with Gasteiger partial charge in [0.2, 0.25) is 5.91 Å². The number of benzene rings is 2. The second kappa shape index (κ2) is 8.67. The number of rotatable bonds is 4. The highest BCUT2D eigenvalue weighted by Gasteiger charge is 2.23. The number of hydrogen-bond donors (Lipinski definition) is 1. The summed E-state index contributed by atoms with van der Waals surface area (Å²) in [5, 5.41) is 0.596. The molecule has 30 heavy (non-hydrogen) atoms. The van der Waals surface area contributed by atoms with Crippen LogP contribution in [0.4, 0.5) is 10.1 Å². The molecule has 1 fully saturated rings. The van der Waals surface area contributed by atoms with Crippen LogP contribution in [0.25, 0.3) is 11.4 Å². The molecule has 4 rings (SSSR count). The van der Waals surface area contributed by atoms with Crippen LogP contribution in [0.2, 0.25) is 5.02 Å². The summed E-state index contributed by atoms with van der Waals surface area (Å²) in [5.41, 5.74) is 1.25. The van der Waals surface area contributed by atoms with E-state index in [1.165, 1.54) is 12.3 Å². The number of piperazine rings is 1. The van der Waals surface area contributed by atoms with Crippen LogP contribution in [0.15, 0.2) is 59.5 Å². The Bertz CT molecular complexity index is 1110. The van der Waals surface area contributed by atoms with Crippen LogP contribution in [-0.2, 0) is 11.2 Å². The molecule has 1 amide bonds. The molecule has 154 valence electrons.